The van der Waals surface area contributed by atoms with Crippen molar-refractivity contribution in [3.63, 3.8) is 0 Å². The molecule has 2 saturated heterocycles. The number of halogens is 3. The van der Waals surface area contributed by atoms with Gasteiger partial charge in [0.15, 0.2) is 11.3 Å². The number of anilines is 1. The highest BCUT2D eigenvalue weighted by atomic mass is 35.5. The van der Waals surface area contributed by atoms with Crippen molar-refractivity contribution in [2.24, 2.45) is 17.3 Å². The summed E-state index contributed by atoms with van der Waals surface area (Å²) in [5, 5.41) is 13.3. The summed E-state index contributed by atoms with van der Waals surface area (Å²) in [6, 6.07) is 5.60. The number of rotatable bonds is 8. The summed E-state index contributed by atoms with van der Waals surface area (Å²) in [7, 11) is 0. The van der Waals surface area contributed by atoms with Crippen LogP contribution < -0.4 is 4.90 Å². The summed E-state index contributed by atoms with van der Waals surface area (Å²) in [6.07, 6.45) is 0.935. The van der Waals surface area contributed by atoms with Crippen LogP contribution in [0.2, 0.25) is 5.02 Å². The normalized spacial score (nSPS) is 25.1. The van der Waals surface area contributed by atoms with Crippen LogP contribution in [0.4, 0.5) is 14.6 Å². The quantitative estimate of drug-likeness (QED) is 0.432. The Bertz CT molecular complexity index is 1450. The fourth-order valence-electron chi connectivity index (χ4n) is 6.42. The number of fused-ring (bicyclic) bond motifs is 2. The molecule has 1 aromatic carbocycles. The van der Waals surface area contributed by atoms with Gasteiger partial charge in [0.25, 0.3) is 5.91 Å². The van der Waals surface area contributed by atoms with Crippen molar-refractivity contribution in [2.45, 2.75) is 45.7 Å². The van der Waals surface area contributed by atoms with Crippen molar-refractivity contribution >= 4 is 34.9 Å². The van der Waals surface area contributed by atoms with Gasteiger partial charge in [-0.05, 0) is 44.2 Å². The first-order valence-corrected chi connectivity index (χ1v) is 12.8. The third kappa shape index (κ3) is 3.44. The van der Waals surface area contributed by atoms with E-state index < -0.39 is 22.6 Å². The van der Waals surface area contributed by atoms with E-state index in [4.69, 9.17) is 11.6 Å². The van der Waals surface area contributed by atoms with Crippen molar-refractivity contribution in [1.29, 1.82) is 0 Å². The molecule has 7 rings (SSSR count). The van der Waals surface area contributed by atoms with Crippen molar-refractivity contribution in [3.8, 4) is 11.3 Å². The average Bonchev–Trinajstić information content (AvgIpc) is 3.37. The van der Waals surface area contributed by atoms with Gasteiger partial charge in [0.05, 0.1) is 12.1 Å². The molecule has 4 aliphatic rings. The van der Waals surface area contributed by atoms with Crippen LogP contribution in [0.15, 0.2) is 24.3 Å². The van der Waals surface area contributed by atoms with Crippen molar-refractivity contribution in [1.82, 2.24) is 19.5 Å². The number of hydrogen-bond acceptors (Lipinski definition) is 5. The molecule has 11 heteroatoms. The molecule has 4 heterocycles. The molecule has 2 aromatic heterocycles. The Balaban J connectivity index is 1.42. The molecular weight excluding hydrogens is 504 g/mol. The molecule has 2 aliphatic carbocycles. The van der Waals surface area contributed by atoms with Crippen molar-refractivity contribution < 1.29 is 23.5 Å². The number of hydrogen-bond donors (Lipinski definition) is 1. The molecule has 4 atom stereocenters. The van der Waals surface area contributed by atoms with E-state index in [1.165, 1.54) is 0 Å². The number of piperidine rings is 1. The van der Waals surface area contributed by atoms with Gasteiger partial charge in [-0.25, -0.2) is 13.8 Å². The first kappa shape index (κ1) is 24.1. The van der Waals surface area contributed by atoms with Crippen LogP contribution in [0.1, 0.15) is 44.1 Å². The number of nitrogens with zero attached hydrogens (tertiary/aromatic N) is 5. The third-order valence-electron chi connectivity index (χ3n) is 8.15. The Labute approximate surface area is 216 Å². The molecule has 1 N–H and O–H groups in total. The minimum Gasteiger partial charge on any atom is -0.481 e. The Kier molecular flexibility index (Phi) is 5.28. The minimum atomic E-state index is -0.885. The number of carbonyl (C=O) groups is 2. The van der Waals surface area contributed by atoms with Gasteiger partial charge in [-0.15, -0.1) is 0 Å². The monoisotopic (exact) mass is 529 g/mol. The topological polar surface area (TPSA) is 91.0 Å². The highest BCUT2D eigenvalue weighted by molar-refractivity contribution is 6.31. The zero-order valence-electron chi connectivity index (χ0n) is 20.6. The lowest BCUT2D eigenvalue weighted by molar-refractivity contribution is -0.138. The maximum absolute atomic E-state index is 14.3. The van der Waals surface area contributed by atoms with Crippen LogP contribution in [0.3, 0.4) is 0 Å². The lowest BCUT2D eigenvalue weighted by Crippen LogP contribution is -2.33. The van der Waals surface area contributed by atoms with E-state index in [9.17, 15) is 23.5 Å². The lowest BCUT2D eigenvalue weighted by atomic mass is 10.0. The minimum absolute atomic E-state index is 0.0406. The van der Waals surface area contributed by atoms with Gasteiger partial charge in [-0.2, -0.15) is 9.61 Å². The first-order chi connectivity index (χ1) is 17.6. The summed E-state index contributed by atoms with van der Waals surface area (Å²) < 4.78 is 30.1. The van der Waals surface area contributed by atoms with E-state index in [2.05, 4.69) is 15.0 Å². The SMILES string of the molecule is CCCN(c1cc(-c2cc(F)c(Cl)c(F)c2)nc2cc(C(=O)N3C[C@H]4[C@H]5C3[C@@]54CC(=O)O)nn12)C(C)C. The van der Waals surface area contributed by atoms with Crippen molar-refractivity contribution in [3.05, 3.63) is 46.6 Å². The number of carboxylic acids is 1. The molecule has 0 spiro atoms. The molecule has 3 aromatic rings. The summed E-state index contributed by atoms with van der Waals surface area (Å²) in [6.45, 7) is 7.34. The highest BCUT2D eigenvalue weighted by Crippen LogP contribution is 2.87. The molecular formula is C26H26ClF2N5O3. The predicted molar refractivity (Wildman–Crippen MR) is 133 cm³/mol. The van der Waals surface area contributed by atoms with Gasteiger partial charge in [0, 0.05) is 48.3 Å². The maximum atomic E-state index is 14.3. The molecule has 2 saturated carbocycles. The molecule has 1 amide bonds. The number of carboxylic acid groups (broad SMARTS) is 1. The standard InChI is InChI=1S/C26H26ClF2N5O3/c1-4-5-32(12(2)3)20-9-17(13-6-15(28)23(27)16(29)7-13)30-19-8-18(31-34(19)20)25(37)33-11-14-22-24(33)26(14,22)10-21(35)36/h6-9,12,14,22,24H,4-5,10-11H2,1-3H3,(H,35,36)/t14-,22-,24?,26+/m0/s1. The van der Waals surface area contributed by atoms with Gasteiger partial charge in [-0.3, -0.25) is 9.59 Å². The third-order valence-corrected chi connectivity index (χ3v) is 8.51. The van der Waals surface area contributed by atoms with E-state index in [1.54, 1.807) is 21.5 Å². The van der Waals surface area contributed by atoms with Gasteiger partial charge < -0.3 is 14.9 Å². The molecule has 2 bridgehead atoms. The molecule has 4 fully saturated rings. The van der Waals surface area contributed by atoms with E-state index in [0.717, 1.165) is 18.6 Å². The second kappa shape index (κ2) is 8.11. The average molecular weight is 530 g/mol. The summed E-state index contributed by atoms with van der Waals surface area (Å²) in [4.78, 5) is 33.2. The van der Waals surface area contributed by atoms with Crippen molar-refractivity contribution in [2.75, 3.05) is 18.0 Å². The molecule has 1 unspecified atom stereocenters. The summed E-state index contributed by atoms with van der Waals surface area (Å²) >= 11 is 5.68. The number of carbonyl (C=O) groups excluding carboxylic acids is 1. The van der Waals surface area contributed by atoms with Crippen LogP contribution >= 0.6 is 11.6 Å². The number of aromatic nitrogens is 3. The highest BCUT2D eigenvalue weighted by Gasteiger charge is 2.93. The van der Waals surface area contributed by atoms with E-state index in [0.29, 0.717) is 30.2 Å². The molecule has 8 nitrogen and oxygen atoms in total. The van der Waals surface area contributed by atoms with Crippen LogP contribution in [0.5, 0.6) is 0 Å². The summed E-state index contributed by atoms with van der Waals surface area (Å²) in [5.41, 5.74) is 0.864. The largest absolute Gasteiger partial charge is 0.481 e. The Hall–Kier alpha value is -3.27. The second-order valence-corrected chi connectivity index (χ2v) is 10.9. The van der Waals surface area contributed by atoms with Crippen LogP contribution in [-0.4, -0.2) is 61.7 Å². The maximum Gasteiger partial charge on any atom is 0.304 e. The number of amides is 1. The Morgan fingerprint density at radius 1 is 1.24 bits per heavy atom. The molecule has 0 radical (unpaired) electrons. The predicted octanol–water partition coefficient (Wildman–Crippen LogP) is 4.50. The smallest absolute Gasteiger partial charge is 0.304 e. The van der Waals surface area contributed by atoms with Crippen LogP contribution in [0.25, 0.3) is 16.9 Å². The van der Waals surface area contributed by atoms with Gasteiger partial charge in [-0.1, -0.05) is 18.5 Å². The van der Waals surface area contributed by atoms with Gasteiger partial charge in [0.1, 0.15) is 22.5 Å². The van der Waals surface area contributed by atoms with E-state index in [-0.39, 0.29) is 52.9 Å². The fraction of sp³-hybridized carbons (Fsp3) is 0.462. The van der Waals surface area contributed by atoms with E-state index >= 15 is 0 Å². The first-order valence-electron chi connectivity index (χ1n) is 12.4. The number of benzene rings is 1. The summed E-state index contributed by atoms with van der Waals surface area (Å²) in [5.74, 6) is -1.68. The fourth-order valence-corrected chi connectivity index (χ4v) is 6.53. The second-order valence-electron chi connectivity index (χ2n) is 10.6. The zero-order valence-corrected chi connectivity index (χ0v) is 21.3. The lowest BCUT2D eigenvalue weighted by Gasteiger charge is -2.29. The zero-order chi connectivity index (χ0) is 26.4. The molecule has 37 heavy (non-hydrogen) atoms. The van der Waals surface area contributed by atoms with Crippen LogP contribution in [-0.2, 0) is 4.79 Å². The van der Waals surface area contributed by atoms with Gasteiger partial charge >= 0.3 is 5.97 Å². The Morgan fingerprint density at radius 3 is 2.54 bits per heavy atom. The van der Waals surface area contributed by atoms with Crippen LogP contribution in [0, 0.1) is 28.9 Å². The number of aliphatic carboxylic acids is 1. The molecule has 194 valence electrons. The molecule has 2 aliphatic heterocycles. The van der Waals surface area contributed by atoms with E-state index in [1.807, 2.05) is 20.8 Å². The Morgan fingerprint density at radius 2 is 1.95 bits per heavy atom. The van der Waals surface area contributed by atoms with Gasteiger partial charge in [0.2, 0.25) is 0 Å².